The number of hydrogen-bond donors (Lipinski definition) is 0. The van der Waals surface area contributed by atoms with E-state index in [0.29, 0.717) is 23.3 Å². The van der Waals surface area contributed by atoms with Gasteiger partial charge in [-0.15, -0.1) is 0 Å². The molecule has 0 N–H and O–H groups in total. The lowest BCUT2D eigenvalue weighted by atomic mass is 10.1. The van der Waals surface area contributed by atoms with Crippen molar-refractivity contribution in [3.8, 4) is 0 Å². The molecule has 1 atom stereocenters. The summed E-state index contributed by atoms with van der Waals surface area (Å²) >= 11 is 5.91. The molecule has 3 heterocycles. The first-order valence-corrected chi connectivity index (χ1v) is 7.97. The topological polar surface area (TPSA) is 46.8 Å². The van der Waals surface area contributed by atoms with Crippen LogP contribution in [0.1, 0.15) is 25.0 Å². The summed E-state index contributed by atoms with van der Waals surface area (Å²) in [5, 5.41) is 0.524. The van der Waals surface area contributed by atoms with Crippen LogP contribution in [-0.2, 0) is 11.3 Å². The molecule has 118 valence electrons. The SMILES string of the molecule is CN(Cc1cc(=O)n2cc(Cl)ccc2n1)C[C@@H]1CCCCO1. The lowest BCUT2D eigenvalue weighted by Crippen LogP contribution is -2.33. The number of likely N-dealkylation sites (N-methyl/N-ethyl adjacent to an activating group) is 1. The Hall–Kier alpha value is -1.43. The van der Waals surface area contributed by atoms with Crippen LogP contribution in [0.4, 0.5) is 0 Å². The maximum atomic E-state index is 12.1. The first-order chi connectivity index (χ1) is 10.6. The summed E-state index contributed by atoms with van der Waals surface area (Å²) in [5.41, 5.74) is 1.28. The fourth-order valence-electron chi connectivity index (χ4n) is 2.85. The highest BCUT2D eigenvalue weighted by Gasteiger charge is 2.16. The first-order valence-electron chi connectivity index (χ1n) is 7.60. The van der Waals surface area contributed by atoms with Gasteiger partial charge in [0, 0.05) is 32.0 Å². The van der Waals surface area contributed by atoms with Gasteiger partial charge < -0.3 is 4.74 Å². The van der Waals surface area contributed by atoms with Gasteiger partial charge in [0.05, 0.1) is 16.8 Å². The van der Waals surface area contributed by atoms with Crippen molar-refractivity contribution in [2.75, 3.05) is 20.2 Å². The van der Waals surface area contributed by atoms with Gasteiger partial charge in [-0.05, 0) is 38.4 Å². The molecule has 2 aromatic heterocycles. The van der Waals surface area contributed by atoms with Gasteiger partial charge in [0.1, 0.15) is 5.65 Å². The van der Waals surface area contributed by atoms with Gasteiger partial charge in [-0.25, -0.2) is 4.98 Å². The predicted molar refractivity (Wildman–Crippen MR) is 86.4 cm³/mol. The van der Waals surface area contributed by atoms with Crippen LogP contribution in [-0.4, -0.2) is 40.6 Å². The summed E-state index contributed by atoms with van der Waals surface area (Å²) in [5.74, 6) is 0. The molecular weight excluding hydrogens is 302 g/mol. The third-order valence-corrected chi connectivity index (χ3v) is 4.12. The summed E-state index contributed by atoms with van der Waals surface area (Å²) in [4.78, 5) is 18.8. The minimum absolute atomic E-state index is 0.107. The van der Waals surface area contributed by atoms with Gasteiger partial charge in [0.25, 0.3) is 5.56 Å². The fraction of sp³-hybridized carbons (Fsp3) is 0.500. The van der Waals surface area contributed by atoms with Crippen molar-refractivity contribution in [3.05, 3.63) is 45.5 Å². The van der Waals surface area contributed by atoms with Crippen LogP contribution in [0.15, 0.2) is 29.2 Å². The molecule has 5 nitrogen and oxygen atoms in total. The molecule has 1 saturated heterocycles. The molecule has 6 heteroatoms. The molecule has 0 aliphatic carbocycles. The van der Waals surface area contributed by atoms with Gasteiger partial charge in [-0.1, -0.05) is 11.6 Å². The molecule has 2 aromatic rings. The quantitative estimate of drug-likeness (QED) is 0.867. The standard InChI is InChI=1S/C16H20ClN3O2/c1-19(11-14-4-2-3-7-22-14)10-13-8-16(21)20-9-12(17)5-6-15(20)18-13/h5-6,8-9,14H,2-4,7,10-11H2,1H3/t14-/m0/s1. The van der Waals surface area contributed by atoms with E-state index >= 15 is 0 Å². The molecule has 22 heavy (non-hydrogen) atoms. The molecule has 1 aliphatic rings. The van der Waals surface area contributed by atoms with E-state index in [4.69, 9.17) is 16.3 Å². The Morgan fingerprint density at radius 3 is 3.09 bits per heavy atom. The van der Waals surface area contributed by atoms with Crippen molar-refractivity contribution in [2.24, 2.45) is 0 Å². The zero-order valence-corrected chi connectivity index (χ0v) is 13.4. The van der Waals surface area contributed by atoms with Crippen molar-refractivity contribution < 1.29 is 4.74 Å². The molecule has 1 aliphatic heterocycles. The lowest BCUT2D eigenvalue weighted by molar-refractivity contribution is -0.00274. The highest BCUT2D eigenvalue weighted by atomic mass is 35.5. The number of ether oxygens (including phenoxy) is 1. The average Bonchev–Trinajstić information content (AvgIpc) is 2.49. The minimum atomic E-state index is -0.107. The molecule has 0 spiro atoms. The van der Waals surface area contributed by atoms with Crippen LogP contribution in [0.2, 0.25) is 5.02 Å². The van der Waals surface area contributed by atoms with E-state index < -0.39 is 0 Å². The Labute approximate surface area is 134 Å². The largest absolute Gasteiger partial charge is 0.377 e. The van der Waals surface area contributed by atoms with Gasteiger partial charge in [-0.3, -0.25) is 14.1 Å². The second-order valence-electron chi connectivity index (χ2n) is 5.85. The van der Waals surface area contributed by atoms with Crippen molar-refractivity contribution in [1.82, 2.24) is 14.3 Å². The molecular formula is C16H20ClN3O2. The Kier molecular flexibility index (Phi) is 4.76. The van der Waals surface area contributed by atoms with Gasteiger partial charge in [0.2, 0.25) is 0 Å². The molecule has 3 rings (SSSR count). The van der Waals surface area contributed by atoms with Gasteiger partial charge in [-0.2, -0.15) is 0 Å². The summed E-state index contributed by atoms with van der Waals surface area (Å²) in [7, 11) is 2.03. The highest BCUT2D eigenvalue weighted by molar-refractivity contribution is 6.30. The van der Waals surface area contributed by atoms with Crippen LogP contribution < -0.4 is 5.56 Å². The maximum Gasteiger partial charge on any atom is 0.258 e. The number of nitrogens with zero attached hydrogens (tertiary/aromatic N) is 3. The van der Waals surface area contributed by atoms with E-state index in [1.165, 1.54) is 10.8 Å². The van der Waals surface area contributed by atoms with Crippen LogP contribution in [0.5, 0.6) is 0 Å². The van der Waals surface area contributed by atoms with E-state index in [0.717, 1.165) is 31.7 Å². The molecule has 0 bridgehead atoms. The monoisotopic (exact) mass is 321 g/mol. The van der Waals surface area contributed by atoms with Crippen molar-refractivity contribution in [2.45, 2.75) is 31.9 Å². The van der Waals surface area contributed by atoms with Crippen molar-refractivity contribution >= 4 is 17.2 Å². The van der Waals surface area contributed by atoms with E-state index in [2.05, 4.69) is 9.88 Å². The molecule has 0 unspecified atom stereocenters. The van der Waals surface area contributed by atoms with Crippen molar-refractivity contribution in [1.29, 1.82) is 0 Å². The Balaban J connectivity index is 1.73. The maximum absolute atomic E-state index is 12.1. The number of aromatic nitrogens is 2. The third kappa shape index (κ3) is 3.66. The fourth-order valence-corrected chi connectivity index (χ4v) is 3.01. The number of fused-ring (bicyclic) bond motifs is 1. The molecule has 0 radical (unpaired) electrons. The number of hydrogen-bond acceptors (Lipinski definition) is 4. The molecule has 0 amide bonds. The van der Waals surface area contributed by atoms with Gasteiger partial charge in [0.15, 0.2) is 0 Å². The summed E-state index contributed by atoms with van der Waals surface area (Å²) < 4.78 is 7.22. The summed E-state index contributed by atoms with van der Waals surface area (Å²) in [6.45, 7) is 2.35. The summed E-state index contributed by atoms with van der Waals surface area (Å²) in [6, 6.07) is 5.08. The third-order valence-electron chi connectivity index (χ3n) is 3.90. The van der Waals surface area contributed by atoms with Crippen molar-refractivity contribution in [3.63, 3.8) is 0 Å². The van der Waals surface area contributed by atoms with Crippen LogP contribution >= 0.6 is 11.6 Å². The van der Waals surface area contributed by atoms with Crippen LogP contribution in [0.3, 0.4) is 0 Å². The summed E-state index contributed by atoms with van der Waals surface area (Å²) in [6.07, 6.45) is 5.38. The Morgan fingerprint density at radius 2 is 2.32 bits per heavy atom. The first kappa shape index (κ1) is 15.5. The Bertz CT molecular complexity index is 710. The van der Waals surface area contributed by atoms with E-state index in [-0.39, 0.29) is 5.56 Å². The molecule has 1 fully saturated rings. The predicted octanol–water partition coefficient (Wildman–Crippen LogP) is 2.35. The zero-order valence-electron chi connectivity index (χ0n) is 12.7. The van der Waals surface area contributed by atoms with E-state index in [9.17, 15) is 4.79 Å². The highest BCUT2D eigenvalue weighted by Crippen LogP contribution is 2.14. The average molecular weight is 322 g/mol. The molecule has 0 aromatic carbocycles. The molecule has 0 saturated carbocycles. The van der Waals surface area contributed by atoms with Crippen LogP contribution in [0, 0.1) is 0 Å². The number of pyridine rings is 1. The van der Waals surface area contributed by atoms with Crippen LogP contribution in [0.25, 0.3) is 5.65 Å². The van der Waals surface area contributed by atoms with E-state index in [1.54, 1.807) is 24.4 Å². The lowest BCUT2D eigenvalue weighted by Gasteiger charge is -2.27. The second-order valence-corrected chi connectivity index (χ2v) is 6.28. The Morgan fingerprint density at radius 1 is 1.45 bits per heavy atom. The zero-order chi connectivity index (χ0) is 15.5. The minimum Gasteiger partial charge on any atom is -0.377 e. The number of halogens is 1. The smallest absolute Gasteiger partial charge is 0.258 e. The second kappa shape index (κ2) is 6.77. The number of rotatable bonds is 4. The van der Waals surface area contributed by atoms with Gasteiger partial charge >= 0.3 is 0 Å². The van der Waals surface area contributed by atoms with E-state index in [1.807, 2.05) is 7.05 Å². The normalized spacial score (nSPS) is 19.0.